The number of rotatable bonds is 6. The molecule has 1 aromatic carbocycles. The number of halogens is 1. The van der Waals surface area contributed by atoms with Gasteiger partial charge in [0.2, 0.25) is 5.89 Å². The number of ether oxygens (including phenoxy) is 1. The fraction of sp³-hybridized carbons (Fsp3) is 0.308. The molecule has 6 nitrogen and oxygen atoms in total. The predicted molar refractivity (Wildman–Crippen MR) is 68.0 cm³/mol. The van der Waals surface area contributed by atoms with Crippen LogP contribution in [0, 0.1) is 5.82 Å². The second kappa shape index (κ2) is 6.76. The van der Waals surface area contributed by atoms with E-state index in [-0.39, 0.29) is 36.4 Å². The first kappa shape index (κ1) is 14.1. The van der Waals surface area contributed by atoms with E-state index >= 15 is 0 Å². The Bertz CT molecular complexity index is 586. The van der Waals surface area contributed by atoms with Crippen LogP contribution in [0.5, 0.6) is 0 Å². The van der Waals surface area contributed by atoms with Gasteiger partial charge in [-0.3, -0.25) is 10.1 Å². The monoisotopic (exact) mass is 279 g/mol. The van der Waals surface area contributed by atoms with Crippen molar-refractivity contribution in [2.45, 2.75) is 13.5 Å². The summed E-state index contributed by atoms with van der Waals surface area (Å²) in [7, 11) is 0. The lowest BCUT2D eigenvalue weighted by molar-refractivity contribution is -0.142. The maximum absolute atomic E-state index is 13.5. The van der Waals surface area contributed by atoms with E-state index in [0.29, 0.717) is 6.61 Å². The Balaban J connectivity index is 1.93. The fourth-order valence-corrected chi connectivity index (χ4v) is 1.55. The summed E-state index contributed by atoms with van der Waals surface area (Å²) in [6, 6.07) is 6.13. The molecule has 0 amide bonds. The molecule has 7 heteroatoms. The molecule has 0 aliphatic rings. The molecule has 0 atom stereocenters. The maximum atomic E-state index is 13.5. The number of nitrogens with one attached hydrogen (secondary N) is 1. The minimum atomic E-state index is -0.429. The molecule has 0 radical (unpaired) electrons. The topological polar surface area (TPSA) is 77.2 Å². The number of carbonyl (C=O) groups is 1. The molecule has 0 spiro atoms. The molecular formula is C13H14FN3O3. The minimum Gasteiger partial charge on any atom is -0.465 e. The van der Waals surface area contributed by atoms with Crippen molar-refractivity contribution in [1.82, 2.24) is 15.5 Å². The van der Waals surface area contributed by atoms with Crippen LogP contribution in [-0.4, -0.2) is 29.3 Å². The second-order valence-corrected chi connectivity index (χ2v) is 3.89. The van der Waals surface area contributed by atoms with E-state index in [4.69, 9.17) is 9.15 Å². The Morgan fingerprint density at radius 2 is 2.20 bits per heavy atom. The van der Waals surface area contributed by atoms with Gasteiger partial charge >= 0.3 is 5.97 Å². The van der Waals surface area contributed by atoms with E-state index in [1.165, 1.54) is 6.07 Å². The highest BCUT2D eigenvalue weighted by Gasteiger charge is 2.12. The third kappa shape index (κ3) is 3.61. The molecule has 0 saturated heterocycles. The van der Waals surface area contributed by atoms with Gasteiger partial charge < -0.3 is 9.15 Å². The molecule has 1 heterocycles. The van der Waals surface area contributed by atoms with Crippen LogP contribution in [0.3, 0.4) is 0 Å². The summed E-state index contributed by atoms with van der Waals surface area (Å²) >= 11 is 0. The Kier molecular flexibility index (Phi) is 4.78. The molecular weight excluding hydrogens is 265 g/mol. The van der Waals surface area contributed by atoms with E-state index in [1.54, 1.807) is 25.1 Å². The number of aromatic nitrogens is 2. The predicted octanol–water partition coefficient (Wildman–Crippen LogP) is 1.53. The van der Waals surface area contributed by atoms with Crippen molar-refractivity contribution in [3.8, 4) is 11.5 Å². The van der Waals surface area contributed by atoms with Crippen molar-refractivity contribution in [1.29, 1.82) is 0 Å². The van der Waals surface area contributed by atoms with Crippen LogP contribution in [0.4, 0.5) is 4.39 Å². The van der Waals surface area contributed by atoms with E-state index < -0.39 is 5.82 Å². The maximum Gasteiger partial charge on any atom is 0.319 e. The van der Waals surface area contributed by atoms with Crippen molar-refractivity contribution < 1.29 is 18.3 Å². The molecule has 20 heavy (non-hydrogen) atoms. The second-order valence-electron chi connectivity index (χ2n) is 3.89. The van der Waals surface area contributed by atoms with Crippen molar-refractivity contribution in [2.75, 3.05) is 13.2 Å². The Labute approximate surface area is 115 Å². The van der Waals surface area contributed by atoms with Crippen LogP contribution in [0.2, 0.25) is 0 Å². The summed E-state index contributed by atoms with van der Waals surface area (Å²) in [5.74, 6) is -0.410. The standard InChI is InChI=1S/C13H14FN3O3/c1-2-19-12(18)8-15-7-11-16-17-13(20-11)9-5-3-4-6-10(9)14/h3-6,15H,2,7-8H2,1H3. The highest BCUT2D eigenvalue weighted by molar-refractivity contribution is 5.71. The van der Waals surface area contributed by atoms with Crippen LogP contribution < -0.4 is 5.32 Å². The van der Waals surface area contributed by atoms with Gasteiger partial charge in [0, 0.05) is 0 Å². The number of benzene rings is 1. The highest BCUT2D eigenvalue weighted by Crippen LogP contribution is 2.20. The average Bonchev–Trinajstić information content (AvgIpc) is 2.88. The first-order valence-corrected chi connectivity index (χ1v) is 6.14. The van der Waals surface area contributed by atoms with Crippen LogP contribution in [0.1, 0.15) is 12.8 Å². The van der Waals surface area contributed by atoms with Crippen LogP contribution in [0.25, 0.3) is 11.5 Å². The highest BCUT2D eigenvalue weighted by atomic mass is 19.1. The summed E-state index contributed by atoms with van der Waals surface area (Å²) in [4.78, 5) is 11.1. The van der Waals surface area contributed by atoms with Gasteiger partial charge in [0.05, 0.1) is 25.3 Å². The van der Waals surface area contributed by atoms with Crippen LogP contribution in [0.15, 0.2) is 28.7 Å². The summed E-state index contributed by atoms with van der Waals surface area (Å²) in [5, 5.41) is 10.3. The largest absolute Gasteiger partial charge is 0.465 e. The van der Waals surface area contributed by atoms with Gasteiger partial charge in [-0.15, -0.1) is 10.2 Å². The van der Waals surface area contributed by atoms with Crippen molar-refractivity contribution in [3.63, 3.8) is 0 Å². The first-order valence-electron chi connectivity index (χ1n) is 6.14. The number of hydrogen-bond acceptors (Lipinski definition) is 6. The third-order valence-electron chi connectivity index (χ3n) is 2.42. The number of esters is 1. The fourth-order valence-electron chi connectivity index (χ4n) is 1.55. The van der Waals surface area contributed by atoms with Gasteiger partial charge in [0.15, 0.2) is 0 Å². The molecule has 0 aliphatic heterocycles. The lowest BCUT2D eigenvalue weighted by Crippen LogP contribution is -2.24. The molecule has 0 aliphatic carbocycles. The number of nitrogens with zero attached hydrogens (tertiary/aromatic N) is 2. The van der Waals surface area contributed by atoms with Crippen molar-refractivity contribution >= 4 is 5.97 Å². The van der Waals surface area contributed by atoms with E-state index in [0.717, 1.165) is 0 Å². The van der Waals surface area contributed by atoms with E-state index in [2.05, 4.69) is 15.5 Å². The smallest absolute Gasteiger partial charge is 0.319 e. The lowest BCUT2D eigenvalue weighted by Gasteiger charge is -2.01. The van der Waals surface area contributed by atoms with Gasteiger partial charge in [-0.1, -0.05) is 12.1 Å². The van der Waals surface area contributed by atoms with Gasteiger partial charge in [-0.05, 0) is 19.1 Å². The Morgan fingerprint density at radius 1 is 1.40 bits per heavy atom. The first-order chi connectivity index (χ1) is 9.70. The summed E-state index contributed by atoms with van der Waals surface area (Å²) < 4.78 is 23.6. The molecule has 2 aromatic rings. The molecule has 0 bridgehead atoms. The van der Waals surface area contributed by atoms with Crippen LogP contribution >= 0.6 is 0 Å². The van der Waals surface area contributed by atoms with E-state index in [9.17, 15) is 9.18 Å². The number of carbonyl (C=O) groups excluding carboxylic acids is 1. The van der Waals surface area contributed by atoms with Crippen LogP contribution in [-0.2, 0) is 16.1 Å². The zero-order chi connectivity index (χ0) is 14.4. The Morgan fingerprint density at radius 3 is 2.95 bits per heavy atom. The van der Waals surface area contributed by atoms with Crippen molar-refractivity contribution in [3.05, 3.63) is 36.0 Å². The molecule has 1 N–H and O–H groups in total. The molecule has 1 aromatic heterocycles. The normalized spacial score (nSPS) is 10.5. The third-order valence-corrected chi connectivity index (χ3v) is 2.42. The summed E-state index contributed by atoms with van der Waals surface area (Å²) in [6.07, 6.45) is 0. The molecule has 106 valence electrons. The summed E-state index contributed by atoms with van der Waals surface area (Å²) in [5.41, 5.74) is 0.247. The molecule has 0 saturated carbocycles. The number of hydrogen-bond donors (Lipinski definition) is 1. The quantitative estimate of drug-likeness (QED) is 0.808. The average molecular weight is 279 g/mol. The van der Waals surface area contributed by atoms with Gasteiger partial charge in [0.1, 0.15) is 5.82 Å². The SMILES string of the molecule is CCOC(=O)CNCc1nnc(-c2ccccc2F)o1. The minimum absolute atomic E-state index is 0.0469. The zero-order valence-electron chi connectivity index (χ0n) is 10.9. The lowest BCUT2D eigenvalue weighted by atomic mass is 10.2. The van der Waals surface area contributed by atoms with Gasteiger partial charge in [0.25, 0.3) is 5.89 Å². The van der Waals surface area contributed by atoms with Gasteiger partial charge in [-0.2, -0.15) is 0 Å². The zero-order valence-corrected chi connectivity index (χ0v) is 10.9. The van der Waals surface area contributed by atoms with Crippen molar-refractivity contribution in [2.24, 2.45) is 0 Å². The molecule has 0 unspecified atom stereocenters. The van der Waals surface area contributed by atoms with Gasteiger partial charge in [-0.25, -0.2) is 4.39 Å². The van der Waals surface area contributed by atoms with E-state index in [1.807, 2.05) is 0 Å². The summed E-state index contributed by atoms with van der Waals surface area (Å²) in [6.45, 7) is 2.32. The Hall–Kier alpha value is -2.28. The molecule has 2 rings (SSSR count). The molecule has 0 fully saturated rings.